The van der Waals surface area contributed by atoms with Crippen molar-refractivity contribution in [2.45, 2.75) is 20.0 Å². The van der Waals surface area contributed by atoms with Gasteiger partial charge in [-0.25, -0.2) is 0 Å². The van der Waals surface area contributed by atoms with Crippen LogP contribution in [0.2, 0.25) is 10.0 Å². The predicted octanol–water partition coefficient (Wildman–Crippen LogP) is 6.04. The van der Waals surface area contributed by atoms with Crippen LogP contribution in [0.1, 0.15) is 24.5 Å². The van der Waals surface area contributed by atoms with Crippen LogP contribution < -0.4 is 9.47 Å². The lowest BCUT2D eigenvalue weighted by molar-refractivity contribution is -0.122. The van der Waals surface area contributed by atoms with E-state index >= 15 is 0 Å². The topological polar surface area (TPSA) is 65.1 Å². The third-order valence-corrected chi connectivity index (χ3v) is 5.97. The number of halogens is 2. The van der Waals surface area contributed by atoms with Crippen molar-refractivity contribution in [3.05, 3.63) is 62.5 Å². The Morgan fingerprint density at radius 1 is 1.09 bits per heavy atom. The second kappa shape index (κ2) is 11.6. The summed E-state index contributed by atoms with van der Waals surface area (Å²) in [6.45, 7) is 3.35. The number of carbonyl (C=O) groups excluding carboxylic acids is 2. The lowest BCUT2D eigenvalue weighted by Crippen LogP contribution is -2.29. The minimum atomic E-state index is -0.326. The second-order valence-corrected chi connectivity index (χ2v) is 8.69. The van der Waals surface area contributed by atoms with E-state index < -0.39 is 0 Å². The molecule has 0 atom stereocenters. The Bertz CT molecular complexity index is 1010. The van der Waals surface area contributed by atoms with Crippen molar-refractivity contribution in [1.82, 2.24) is 4.90 Å². The Morgan fingerprint density at radius 2 is 1.84 bits per heavy atom. The van der Waals surface area contributed by atoms with Crippen LogP contribution in [0.3, 0.4) is 0 Å². The Balaban J connectivity index is 1.80. The van der Waals surface area contributed by atoms with Crippen LogP contribution in [-0.4, -0.2) is 42.9 Å². The highest BCUT2D eigenvalue weighted by Gasteiger charge is 2.34. The SMILES string of the molecule is CCOc1cc(/C=C2/SC(=O)N(CCCOC)C2=O)cc(Cl)c1OCc1ccc(Cl)cc1. The number of nitrogens with zero attached hydrogens (tertiary/aromatic N) is 1. The molecule has 2 amide bonds. The Labute approximate surface area is 201 Å². The van der Waals surface area contributed by atoms with E-state index in [4.69, 9.17) is 37.4 Å². The van der Waals surface area contributed by atoms with Gasteiger partial charge < -0.3 is 14.2 Å². The molecule has 1 aliphatic heterocycles. The normalized spacial score (nSPS) is 15.0. The van der Waals surface area contributed by atoms with Crippen LogP contribution in [0.5, 0.6) is 11.5 Å². The number of hydrogen-bond donors (Lipinski definition) is 0. The third-order valence-electron chi connectivity index (χ3n) is 4.53. The number of imide groups is 1. The summed E-state index contributed by atoms with van der Waals surface area (Å²) in [7, 11) is 1.58. The molecule has 3 rings (SSSR count). The molecule has 0 aliphatic carbocycles. The van der Waals surface area contributed by atoms with Gasteiger partial charge in [-0.15, -0.1) is 0 Å². The quantitative estimate of drug-likeness (QED) is 0.295. The van der Waals surface area contributed by atoms with Gasteiger partial charge in [-0.2, -0.15) is 0 Å². The zero-order valence-corrected chi connectivity index (χ0v) is 20.1. The molecule has 0 unspecified atom stereocenters. The molecule has 1 heterocycles. The monoisotopic (exact) mass is 495 g/mol. The van der Waals surface area contributed by atoms with Crippen LogP contribution in [0.15, 0.2) is 41.3 Å². The number of carbonyl (C=O) groups is 2. The number of methoxy groups -OCH3 is 1. The number of ether oxygens (including phenoxy) is 3. The molecule has 2 aromatic carbocycles. The molecule has 170 valence electrons. The first-order valence-corrected chi connectivity index (χ1v) is 11.6. The van der Waals surface area contributed by atoms with Crippen LogP contribution in [0.4, 0.5) is 4.79 Å². The summed E-state index contributed by atoms with van der Waals surface area (Å²) < 4.78 is 16.6. The van der Waals surface area contributed by atoms with Gasteiger partial charge in [0, 0.05) is 25.3 Å². The third kappa shape index (κ3) is 6.19. The molecule has 1 fully saturated rings. The van der Waals surface area contributed by atoms with Crippen LogP contribution in [0, 0.1) is 0 Å². The highest BCUT2D eigenvalue weighted by Crippen LogP contribution is 2.39. The fraction of sp³-hybridized carbons (Fsp3) is 0.304. The fourth-order valence-corrected chi connectivity index (χ4v) is 4.29. The smallest absolute Gasteiger partial charge is 0.293 e. The van der Waals surface area contributed by atoms with Crippen molar-refractivity contribution in [1.29, 1.82) is 0 Å². The lowest BCUT2D eigenvalue weighted by atomic mass is 10.1. The van der Waals surface area contributed by atoms with E-state index in [1.54, 1.807) is 37.5 Å². The first-order valence-electron chi connectivity index (χ1n) is 10.0. The van der Waals surface area contributed by atoms with Crippen molar-refractivity contribution in [3.63, 3.8) is 0 Å². The van der Waals surface area contributed by atoms with Gasteiger partial charge in [0.05, 0.1) is 16.5 Å². The maximum Gasteiger partial charge on any atom is 0.293 e. The summed E-state index contributed by atoms with van der Waals surface area (Å²) in [5.74, 6) is 0.543. The number of amides is 2. The zero-order valence-electron chi connectivity index (χ0n) is 17.7. The molecule has 0 spiro atoms. The summed E-state index contributed by atoms with van der Waals surface area (Å²) in [4.78, 5) is 26.4. The second-order valence-electron chi connectivity index (χ2n) is 6.86. The Morgan fingerprint density at radius 3 is 2.53 bits per heavy atom. The van der Waals surface area contributed by atoms with E-state index in [1.165, 1.54) is 4.90 Å². The summed E-state index contributed by atoms with van der Waals surface area (Å²) in [6, 6.07) is 10.7. The van der Waals surface area contributed by atoms with Crippen molar-refractivity contribution in [2.75, 3.05) is 26.9 Å². The lowest BCUT2D eigenvalue weighted by Gasteiger charge is -2.15. The zero-order chi connectivity index (χ0) is 23.1. The van der Waals surface area contributed by atoms with Gasteiger partial charge in [-0.3, -0.25) is 14.5 Å². The van der Waals surface area contributed by atoms with Gasteiger partial charge in [-0.05, 0) is 66.6 Å². The maximum atomic E-state index is 12.6. The van der Waals surface area contributed by atoms with Crippen LogP contribution in [0.25, 0.3) is 6.08 Å². The molecule has 6 nitrogen and oxygen atoms in total. The van der Waals surface area contributed by atoms with Crippen molar-refractivity contribution in [3.8, 4) is 11.5 Å². The molecule has 1 aliphatic rings. The number of benzene rings is 2. The summed E-state index contributed by atoms with van der Waals surface area (Å²) >= 11 is 13.3. The first-order chi connectivity index (χ1) is 15.4. The predicted molar refractivity (Wildman–Crippen MR) is 128 cm³/mol. The number of hydrogen-bond acceptors (Lipinski definition) is 6. The van der Waals surface area contributed by atoms with Gasteiger partial charge in [-0.1, -0.05) is 35.3 Å². The van der Waals surface area contributed by atoms with E-state index in [1.807, 2.05) is 19.1 Å². The molecule has 32 heavy (non-hydrogen) atoms. The summed E-state index contributed by atoms with van der Waals surface area (Å²) in [5.41, 5.74) is 1.57. The Hall–Kier alpha value is -2.19. The molecule has 2 aromatic rings. The van der Waals surface area contributed by atoms with Crippen molar-refractivity contribution >= 4 is 52.2 Å². The highest BCUT2D eigenvalue weighted by molar-refractivity contribution is 8.18. The minimum Gasteiger partial charge on any atom is -0.490 e. The van der Waals surface area contributed by atoms with Gasteiger partial charge >= 0.3 is 0 Å². The van der Waals surface area contributed by atoms with Gasteiger partial charge in [0.1, 0.15) is 6.61 Å². The first kappa shape index (κ1) is 24.5. The number of rotatable bonds is 10. The largest absolute Gasteiger partial charge is 0.490 e. The minimum absolute atomic E-state index is 0.288. The molecule has 0 aromatic heterocycles. The molecule has 9 heteroatoms. The molecule has 0 radical (unpaired) electrons. The molecule has 0 bridgehead atoms. The molecule has 1 saturated heterocycles. The van der Waals surface area contributed by atoms with Crippen molar-refractivity contribution in [2.24, 2.45) is 0 Å². The fourth-order valence-electron chi connectivity index (χ4n) is 3.02. The van der Waals surface area contributed by atoms with E-state index in [0.717, 1.165) is 17.3 Å². The number of thioether (sulfide) groups is 1. The van der Waals surface area contributed by atoms with Crippen LogP contribution in [-0.2, 0) is 16.1 Å². The van der Waals surface area contributed by atoms with E-state index in [-0.39, 0.29) is 17.8 Å². The molecule has 0 N–H and O–H groups in total. The summed E-state index contributed by atoms with van der Waals surface area (Å²) in [6.07, 6.45) is 2.22. The van der Waals surface area contributed by atoms with E-state index in [9.17, 15) is 9.59 Å². The molecular weight excluding hydrogens is 473 g/mol. The van der Waals surface area contributed by atoms with E-state index in [0.29, 0.717) is 58.2 Å². The van der Waals surface area contributed by atoms with Crippen molar-refractivity contribution < 1.29 is 23.8 Å². The van der Waals surface area contributed by atoms with Gasteiger partial charge in [0.15, 0.2) is 11.5 Å². The molecule has 0 saturated carbocycles. The summed E-state index contributed by atoms with van der Waals surface area (Å²) in [5, 5.41) is 0.695. The van der Waals surface area contributed by atoms with Gasteiger partial charge in [0.2, 0.25) is 0 Å². The molecular formula is C23H23Cl2NO5S. The van der Waals surface area contributed by atoms with E-state index in [2.05, 4.69) is 0 Å². The van der Waals surface area contributed by atoms with Gasteiger partial charge in [0.25, 0.3) is 11.1 Å². The van der Waals surface area contributed by atoms with Crippen LogP contribution >= 0.6 is 35.0 Å². The average Bonchev–Trinajstić information content (AvgIpc) is 3.02. The highest BCUT2D eigenvalue weighted by atomic mass is 35.5. The average molecular weight is 496 g/mol. The maximum absolute atomic E-state index is 12.6. The standard InChI is InChI=1S/C23H23Cl2NO5S/c1-3-30-19-12-16(13-20-22(27)26(23(28)32-20)9-4-10-29-2)11-18(25)21(19)31-14-15-5-7-17(24)8-6-15/h5-8,11-13H,3-4,9-10,14H2,1-2H3/b20-13+. The Kier molecular flexibility index (Phi) is 8.87.